The van der Waals surface area contributed by atoms with Gasteiger partial charge in [-0.3, -0.25) is 4.90 Å². The number of aromatic nitrogens is 2. The van der Waals surface area contributed by atoms with Crippen LogP contribution in [-0.2, 0) is 0 Å². The quantitative estimate of drug-likeness (QED) is 0.504. The summed E-state index contributed by atoms with van der Waals surface area (Å²) in [5.74, 6) is 1.54. The van der Waals surface area contributed by atoms with Gasteiger partial charge in [-0.15, -0.1) is 0 Å². The van der Waals surface area contributed by atoms with Crippen molar-refractivity contribution in [1.82, 2.24) is 14.9 Å². The Bertz CT molecular complexity index is 1020. The summed E-state index contributed by atoms with van der Waals surface area (Å²) in [5.41, 5.74) is 2.44. The van der Waals surface area contributed by atoms with Gasteiger partial charge in [0.2, 0.25) is 5.95 Å². The summed E-state index contributed by atoms with van der Waals surface area (Å²) >= 11 is 6.13. The lowest BCUT2D eigenvalue weighted by Crippen LogP contribution is -2.25. The van der Waals surface area contributed by atoms with Crippen LogP contribution in [0.5, 0.6) is 11.5 Å². The van der Waals surface area contributed by atoms with E-state index in [1.165, 1.54) is 25.9 Å². The molecule has 6 nitrogen and oxygen atoms in total. The minimum absolute atomic E-state index is 0.169. The molecule has 0 aliphatic carbocycles. The Labute approximate surface area is 187 Å². The molecule has 1 aliphatic rings. The molecular formula is C24H25ClN4O2. The van der Waals surface area contributed by atoms with Crippen molar-refractivity contribution < 1.29 is 9.84 Å². The normalized spacial score (nSPS) is 14.2. The molecule has 1 saturated heterocycles. The molecule has 3 aromatic rings. The highest BCUT2D eigenvalue weighted by molar-refractivity contribution is 6.32. The van der Waals surface area contributed by atoms with E-state index in [0.29, 0.717) is 17.6 Å². The van der Waals surface area contributed by atoms with Crippen molar-refractivity contribution in [3.8, 4) is 11.5 Å². The molecule has 0 spiro atoms. The molecule has 4 rings (SSSR count). The molecule has 0 amide bonds. The topological polar surface area (TPSA) is 70.5 Å². The van der Waals surface area contributed by atoms with Gasteiger partial charge in [-0.05, 0) is 74.0 Å². The highest BCUT2D eigenvalue weighted by Gasteiger charge is 2.10. The Morgan fingerprint density at radius 2 is 1.77 bits per heavy atom. The van der Waals surface area contributed by atoms with Crippen LogP contribution < -0.4 is 10.1 Å². The third kappa shape index (κ3) is 6.20. The molecule has 2 N–H and O–H groups in total. The fraction of sp³-hybridized carbons (Fsp3) is 0.250. The van der Waals surface area contributed by atoms with Crippen molar-refractivity contribution in [2.24, 2.45) is 0 Å². The second-order valence-corrected chi connectivity index (χ2v) is 7.83. The Balaban J connectivity index is 1.29. The van der Waals surface area contributed by atoms with Crippen LogP contribution in [0.4, 0.5) is 11.6 Å². The molecule has 2 heterocycles. The van der Waals surface area contributed by atoms with Crippen molar-refractivity contribution in [3.05, 3.63) is 71.0 Å². The van der Waals surface area contributed by atoms with E-state index in [-0.39, 0.29) is 5.75 Å². The summed E-state index contributed by atoms with van der Waals surface area (Å²) in [6.07, 6.45) is 9.70. The van der Waals surface area contributed by atoms with Crippen LogP contribution in [0.25, 0.3) is 12.2 Å². The number of nitrogens with one attached hydrogen (secondary N) is 1. The average Bonchev–Trinajstić information content (AvgIpc) is 3.30. The van der Waals surface area contributed by atoms with E-state index in [1.807, 2.05) is 36.4 Å². The van der Waals surface area contributed by atoms with E-state index < -0.39 is 0 Å². The van der Waals surface area contributed by atoms with Crippen molar-refractivity contribution >= 4 is 35.4 Å². The fourth-order valence-electron chi connectivity index (χ4n) is 3.40. The van der Waals surface area contributed by atoms with Gasteiger partial charge in [0.05, 0.1) is 0 Å². The number of aromatic hydroxyl groups is 1. The molecule has 0 atom stereocenters. The smallest absolute Gasteiger partial charge is 0.227 e. The molecular weight excluding hydrogens is 412 g/mol. The maximum absolute atomic E-state index is 9.58. The maximum Gasteiger partial charge on any atom is 0.227 e. The van der Waals surface area contributed by atoms with Crippen LogP contribution in [0.15, 0.2) is 54.9 Å². The molecule has 0 saturated carbocycles. The van der Waals surface area contributed by atoms with E-state index in [2.05, 4.69) is 20.2 Å². The van der Waals surface area contributed by atoms with Gasteiger partial charge in [-0.2, -0.15) is 0 Å². The third-order valence-corrected chi connectivity index (χ3v) is 5.44. The van der Waals surface area contributed by atoms with Gasteiger partial charge in [0.15, 0.2) is 0 Å². The van der Waals surface area contributed by atoms with Gasteiger partial charge in [-0.25, -0.2) is 9.97 Å². The highest BCUT2D eigenvalue weighted by Crippen LogP contribution is 2.23. The number of ether oxygens (including phenoxy) is 1. The average molecular weight is 437 g/mol. The van der Waals surface area contributed by atoms with Crippen LogP contribution in [0.2, 0.25) is 5.02 Å². The lowest BCUT2D eigenvalue weighted by Gasteiger charge is -2.15. The maximum atomic E-state index is 9.58. The Morgan fingerprint density at radius 3 is 2.52 bits per heavy atom. The third-order valence-electron chi connectivity index (χ3n) is 5.09. The summed E-state index contributed by atoms with van der Waals surface area (Å²) < 4.78 is 5.83. The summed E-state index contributed by atoms with van der Waals surface area (Å²) in [4.78, 5) is 11.1. The number of rotatable bonds is 8. The predicted octanol–water partition coefficient (Wildman–Crippen LogP) is 5.22. The highest BCUT2D eigenvalue weighted by atomic mass is 35.5. The van der Waals surface area contributed by atoms with E-state index in [0.717, 1.165) is 29.1 Å². The van der Waals surface area contributed by atoms with Crippen molar-refractivity contribution in [1.29, 1.82) is 0 Å². The molecule has 1 fully saturated rings. The monoisotopic (exact) mass is 436 g/mol. The molecule has 1 aromatic heterocycles. The van der Waals surface area contributed by atoms with Crippen molar-refractivity contribution in [2.75, 3.05) is 31.6 Å². The second kappa shape index (κ2) is 10.3. The first-order valence-corrected chi connectivity index (χ1v) is 10.7. The molecule has 0 bridgehead atoms. The zero-order valence-electron chi connectivity index (χ0n) is 17.2. The largest absolute Gasteiger partial charge is 0.508 e. The van der Waals surface area contributed by atoms with Crippen LogP contribution in [0, 0.1) is 0 Å². The molecule has 7 heteroatoms. The molecule has 2 aromatic carbocycles. The van der Waals surface area contributed by atoms with Gasteiger partial charge in [0.25, 0.3) is 0 Å². The predicted molar refractivity (Wildman–Crippen MR) is 125 cm³/mol. The van der Waals surface area contributed by atoms with Gasteiger partial charge >= 0.3 is 0 Å². The number of benzene rings is 2. The van der Waals surface area contributed by atoms with E-state index in [1.54, 1.807) is 30.6 Å². The number of anilines is 2. The summed E-state index contributed by atoms with van der Waals surface area (Å²) in [6, 6.07) is 12.6. The van der Waals surface area contributed by atoms with Crippen molar-refractivity contribution in [3.63, 3.8) is 0 Å². The van der Waals surface area contributed by atoms with Crippen LogP contribution in [-0.4, -0.2) is 46.2 Å². The number of hydrogen-bond acceptors (Lipinski definition) is 6. The van der Waals surface area contributed by atoms with Gasteiger partial charge in [0.1, 0.15) is 18.1 Å². The lowest BCUT2D eigenvalue weighted by atomic mass is 10.1. The van der Waals surface area contributed by atoms with E-state index in [4.69, 9.17) is 16.3 Å². The SMILES string of the molecule is Oc1ccc(Cl)c(/C=C/c2cnc(Nc3ccc(OCCN4CCCC4)cc3)nc2)c1. The van der Waals surface area contributed by atoms with Crippen molar-refractivity contribution in [2.45, 2.75) is 12.8 Å². The number of hydrogen-bond donors (Lipinski definition) is 2. The number of nitrogens with zero attached hydrogens (tertiary/aromatic N) is 3. The standard InChI is InChI=1S/C24H25ClN4O2/c25-23-10-7-21(30)15-19(23)4-3-18-16-26-24(27-17-18)28-20-5-8-22(9-6-20)31-14-13-29-11-1-2-12-29/h3-10,15-17,30H,1-2,11-14H2,(H,26,27,28)/b4-3+. The molecule has 1 aliphatic heterocycles. The first-order valence-electron chi connectivity index (χ1n) is 10.4. The zero-order valence-corrected chi connectivity index (χ0v) is 17.9. The minimum atomic E-state index is 0.169. The minimum Gasteiger partial charge on any atom is -0.508 e. The lowest BCUT2D eigenvalue weighted by molar-refractivity contribution is 0.238. The summed E-state index contributed by atoms with van der Waals surface area (Å²) in [6.45, 7) is 4.06. The summed E-state index contributed by atoms with van der Waals surface area (Å²) in [7, 11) is 0. The van der Waals surface area contributed by atoms with Crippen LogP contribution in [0.3, 0.4) is 0 Å². The van der Waals surface area contributed by atoms with Crippen LogP contribution in [0.1, 0.15) is 24.0 Å². The van der Waals surface area contributed by atoms with Gasteiger partial charge in [-0.1, -0.05) is 23.8 Å². The molecule has 160 valence electrons. The molecule has 0 radical (unpaired) electrons. The van der Waals surface area contributed by atoms with Crippen LogP contribution >= 0.6 is 11.6 Å². The van der Waals surface area contributed by atoms with Gasteiger partial charge in [0, 0.05) is 35.2 Å². The fourth-order valence-corrected chi connectivity index (χ4v) is 3.58. The molecule has 31 heavy (non-hydrogen) atoms. The van der Waals surface area contributed by atoms with E-state index >= 15 is 0 Å². The summed E-state index contributed by atoms with van der Waals surface area (Å²) in [5, 5.41) is 13.3. The molecule has 0 unspecified atom stereocenters. The number of phenolic OH excluding ortho intramolecular Hbond substituents is 1. The first kappa shape index (κ1) is 21.2. The number of phenols is 1. The number of halogens is 1. The first-order chi connectivity index (χ1) is 15.2. The van der Waals surface area contributed by atoms with E-state index in [9.17, 15) is 5.11 Å². The Morgan fingerprint density at radius 1 is 1.03 bits per heavy atom. The Hall–Kier alpha value is -3.09. The Kier molecular flexibility index (Phi) is 7.02. The number of likely N-dealkylation sites (tertiary alicyclic amines) is 1. The second-order valence-electron chi connectivity index (χ2n) is 7.43. The zero-order chi connectivity index (χ0) is 21.5. The van der Waals surface area contributed by atoms with Gasteiger partial charge < -0.3 is 15.2 Å².